The highest BCUT2D eigenvalue weighted by molar-refractivity contribution is 6.51. The van der Waals surface area contributed by atoms with Gasteiger partial charge in [-0.25, -0.2) is 9.98 Å². The normalized spacial score (nSPS) is 32.3. The number of nitrogens with two attached hydrogens (primary N) is 1. The minimum Gasteiger partial charge on any atom is -0.394 e. The molecule has 0 amide bonds. The second kappa shape index (κ2) is 6.93. The number of ether oxygens (including phenoxy) is 1. The highest BCUT2D eigenvalue weighted by Gasteiger charge is 2.49. The number of aliphatic imine (C=N–C) groups is 3. The van der Waals surface area contributed by atoms with E-state index in [1.54, 1.807) is 4.90 Å². The lowest BCUT2D eigenvalue weighted by Gasteiger charge is -2.30. The topological polar surface area (TPSA) is 133 Å². The van der Waals surface area contributed by atoms with Crippen molar-refractivity contribution in [2.45, 2.75) is 36.9 Å². The molecular formula is C18H21N5O4. The number of fused-ring (bicyclic) bond motifs is 1. The van der Waals surface area contributed by atoms with Gasteiger partial charge in [-0.05, 0) is 5.56 Å². The molecule has 1 aromatic rings. The number of nitrogens with zero attached hydrogens (tertiary/aromatic N) is 4. The van der Waals surface area contributed by atoms with Crippen LogP contribution in [0.3, 0.4) is 0 Å². The summed E-state index contributed by atoms with van der Waals surface area (Å²) in [5.41, 5.74) is 5.90. The summed E-state index contributed by atoms with van der Waals surface area (Å²) in [6.07, 6.45) is -0.225. The van der Waals surface area contributed by atoms with Crippen LogP contribution >= 0.6 is 0 Å². The average Bonchev–Trinajstić information content (AvgIpc) is 3.26. The SMILES string of the molecule is NC1(C(=O)Cc2ccccc2)N=CN=C2C1=NCN2[C@H]1C[C@H](O)[C@@H](CO)O1. The number of carbonyl (C=O) groups excluding carboxylic acids is 1. The Morgan fingerprint density at radius 1 is 1.37 bits per heavy atom. The van der Waals surface area contributed by atoms with Gasteiger partial charge in [0.05, 0.1) is 12.7 Å². The molecule has 4 atom stereocenters. The molecular weight excluding hydrogens is 350 g/mol. The van der Waals surface area contributed by atoms with E-state index in [1.165, 1.54) is 6.34 Å². The molecule has 0 radical (unpaired) electrons. The first kappa shape index (κ1) is 17.9. The first-order chi connectivity index (χ1) is 13.0. The Kier molecular flexibility index (Phi) is 4.60. The minimum atomic E-state index is -1.60. The van der Waals surface area contributed by atoms with Gasteiger partial charge < -0.3 is 19.8 Å². The summed E-state index contributed by atoms with van der Waals surface area (Å²) < 4.78 is 5.68. The maximum absolute atomic E-state index is 12.9. The molecule has 1 aromatic carbocycles. The van der Waals surface area contributed by atoms with Crippen molar-refractivity contribution < 1.29 is 19.7 Å². The number of aliphatic hydroxyl groups excluding tert-OH is 2. The maximum atomic E-state index is 12.9. The van der Waals surface area contributed by atoms with E-state index in [4.69, 9.17) is 10.5 Å². The molecule has 1 unspecified atom stereocenters. The van der Waals surface area contributed by atoms with Crippen LogP contribution in [0.2, 0.25) is 0 Å². The summed E-state index contributed by atoms with van der Waals surface area (Å²) in [5, 5.41) is 19.3. The van der Waals surface area contributed by atoms with Crippen LogP contribution in [0.25, 0.3) is 0 Å². The lowest BCUT2D eigenvalue weighted by Crippen LogP contribution is -2.59. The number of aliphatic hydroxyl groups is 2. The Balaban J connectivity index is 1.53. The Bertz CT molecular complexity index is 824. The van der Waals surface area contributed by atoms with E-state index in [0.29, 0.717) is 18.0 Å². The van der Waals surface area contributed by atoms with Crippen LogP contribution in [-0.2, 0) is 16.0 Å². The molecule has 27 heavy (non-hydrogen) atoms. The van der Waals surface area contributed by atoms with Crippen molar-refractivity contribution in [3.63, 3.8) is 0 Å². The van der Waals surface area contributed by atoms with Crippen LogP contribution in [0.15, 0.2) is 45.3 Å². The molecule has 3 aliphatic heterocycles. The van der Waals surface area contributed by atoms with Gasteiger partial charge in [-0.2, -0.15) is 0 Å². The maximum Gasteiger partial charge on any atom is 0.215 e. The molecule has 1 saturated heterocycles. The van der Waals surface area contributed by atoms with Crippen LogP contribution in [0.4, 0.5) is 0 Å². The third-order valence-corrected chi connectivity index (χ3v) is 5.03. The van der Waals surface area contributed by atoms with Crippen molar-refractivity contribution >= 4 is 23.7 Å². The summed E-state index contributed by atoms with van der Waals surface area (Å²) in [4.78, 5) is 27.4. The fourth-order valence-electron chi connectivity index (χ4n) is 3.50. The summed E-state index contributed by atoms with van der Waals surface area (Å²) in [6.45, 7) is -0.0752. The smallest absolute Gasteiger partial charge is 0.215 e. The number of ketones is 1. The van der Waals surface area contributed by atoms with Gasteiger partial charge in [-0.15, -0.1) is 0 Å². The highest BCUT2D eigenvalue weighted by Crippen LogP contribution is 2.29. The molecule has 142 valence electrons. The largest absolute Gasteiger partial charge is 0.394 e. The molecule has 9 heteroatoms. The van der Waals surface area contributed by atoms with Crippen LogP contribution in [0, 0.1) is 0 Å². The molecule has 1 fully saturated rings. The lowest BCUT2D eigenvalue weighted by atomic mass is 9.93. The average molecular weight is 371 g/mol. The molecule has 3 aliphatic rings. The van der Waals surface area contributed by atoms with E-state index >= 15 is 0 Å². The zero-order chi connectivity index (χ0) is 19.0. The van der Waals surface area contributed by atoms with Gasteiger partial charge in [0, 0.05) is 12.8 Å². The van der Waals surface area contributed by atoms with Crippen molar-refractivity contribution in [2.75, 3.05) is 13.3 Å². The van der Waals surface area contributed by atoms with Crippen LogP contribution in [0.5, 0.6) is 0 Å². The quantitative estimate of drug-likeness (QED) is 0.613. The Hall–Kier alpha value is -2.46. The number of rotatable bonds is 5. The molecule has 0 aromatic heterocycles. The summed E-state index contributed by atoms with van der Waals surface area (Å²) in [6, 6.07) is 9.31. The van der Waals surface area contributed by atoms with Crippen molar-refractivity contribution in [3.05, 3.63) is 35.9 Å². The molecule has 0 aliphatic carbocycles. The van der Waals surface area contributed by atoms with Crippen molar-refractivity contribution in [1.82, 2.24) is 4.90 Å². The number of hydrogen-bond acceptors (Lipinski definition) is 9. The summed E-state index contributed by atoms with van der Waals surface area (Å²) >= 11 is 0. The number of carbonyl (C=O) groups is 1. The molecule has 9 nitrogen and oxygen atoms in total. The second-order valence-electron chi connectivity index (χ2n) is 6.78. The predicted octanol–water partition coefficient (Wildman–Crippen LogP) is -0.924. The van der Waals surface area contributed by atoms with Gasteiger partial charge >= 0.3 is 0 Å². The Labute approximate surface area is 155 Å². The first-order valence-electron chi connectivity index (χ1n) is 8.77. The zero-order valence-corrected chi connectivity index (χ0v) is 14.6. The predicted molar refractivity (Wildman–Crippen MR) is 98.5 cm³/mol. The number of amidine groups is 1. The van der Waals surface area contributed by atoms with Gasteiger partial charge in [-0.3, -0.25) is 15.5 Å². The van der Waals surface area contributed by atoms with Crippen LogP contribution in [0.1, 0.15) is 12.0 Å². The van der Waals surface area contributed by atoms with Crippen LogP contribution in [-0.4, -0.2) is 76.2 Å². The number of benzene rings is 1. The molecule has 3 heterocycles. The van der Waals surface area contributed by atoms with Gasteiger partial charge in [0.25, 0.3) is 0 Å². The van der Waals surface area contributed by atoms with E-state index in [-0.39, 0.29) is 25.5 Å². The second-order valence-corrected chi connectivity index (χ2v) is 6.78. The Morgan fingerprint density at radius 3 is 2.85 bits per heavy atom. The fraction of sp³-hybridized carbons (Fsp3) is 0.444. The molecule has 0 spiro atoms. The standard InChI is InChI=1S/C18H21N5O4/c19-18(14(26)6-11-4-2-1-3-5-11)16-17(20-9-22-18)23(10-21-16)15-7-12(25)13(8-24)27-15/h1-5,9,12-13,15,24-25H,6-8,10,19H2/t12-,13+,15+,18?/m0/s1. The third-order valence-electron chi connectivity index (χ3n) is 5.03. The van der Waals surface area contributed by atoms with E-state index in [1.807, 2.05) is 30.3 Å². The van der Waals surface area contributed by atoms with Crippen molar-refractivity contribution in [1.29, 1.82) is 0 Å². The third kappa shape index (κ3) is 3.08. The molecule has 0 bridgehead atoms. The number of hydrogen-bond donors (Lipinski definition) is 3. The first-order valence-corrected chi connectivity index (χ1v) is 8.77. The van der Waals surface area contributed by atoms with E-state index in [2.05, 4.69) is 15.0 Å². The number of Topliss-reactive ketones (excluding diaryl/α,β-unsaturated/α-hetero) is 1. The van der Waals surface area contributed by atoms with Crippen molar-refractivity contribution in [2.24, 2.45) is 20.7 Å². The van der Waals surface area contributed by atoms with Gasteiger partial charge in [-0.1, -0.05) is 30.3 Å². The van der Waals surface area contributed by atoms with Crippen LogP contribution < -0.4 is 5.73 Å². The van der Waals surface area contributed by atoms with Crippen molar-refractivity contribution in [3.8, 4) is 0 Å². The molecule has 0 saturated carbocycles. The van der Waals surface area contributed by atoms with E-state index in [0.717, 1.165) is 5.56 Å². The van der Waals surface area contributed by atoms with E-state index < -0.39 is 24.1 Å². The summed E-state index contributed by atoms with van der Waals surface area (Å²) in [5.74, 6) is 0.142. The molecule has 4 N–H and O–H groups in total. The van der Waals surface area contributed by atoms with Gasteiger partial charge in [0.2, 0.25) is 5.66 Å². The zero-order valence-electron chi connectivity index (χ0n) is 14.6. The highest BCUT2D eigenvalue weighted by atomic mass is 16.5. The van der Waals surface area contributed by atoms with E-state index in [9.17, 15) is 15.0 Å². The van der Waals surface area contributed by atoms with Gasteiger partial charge in [0.15, 0.2) is 11.6 Å². The lowest BCUT2D eigenvalue weighted by molar-refractivity contribution is -0.121. The minimum absolute atomic E-state index is 0.131. The van der Waals surface area contributed by atoms with Gasteiger partial charge in [0.1, 0.15) is 31.1 Å². The Morgan fingerprint density at radius 2 is 2.15 bits per heavy atom. The molecule has 4 rings (SSSR count). The fourth-order valence-corrected chi connectivity index (χ4v) is 3.50. The monoisotopic (exact) mass is 371 g/mol. The summed E-state index contributed by atoms with van der Waals surface area (Å²) in [7, 11) is 0.